The standard InChI is InChI=1S/C25H25N3O5S/c1-2-32-19-6-3-7-20-23(19)26-25(34-20)27(15-18-5-4-14-33-18)24(31)16-8-10-17(11-9-16)28-21(29)12-13-22(28)30/h3,6-11,18H,2,4-5,12-15H2,1H3. The zero-order valence-electron chi connectivity index (χ0n) is 18.9. The fourth-order valence-corrected chi connectivity index (χ4v) is 5.30. The van der Waals surface area contributed by atoms with E-state index in [1.165, 1.54) is 16.2 Å². The second-order valence-corrected chi connectivity index (χ2v) is 9.26. The molecule has 3 aromatic rings. The summed E-state index contributed by atoms with van der Waals surface area (Å²) in [5, 5.41) is 0.580. The van der Waals surface area contributed by atoms with E-state index in [0.717, 1.165) is 23.1 Å². The highest BCUT2D eigenvalue weighted by atomic mass is 32.1. The monoisotopic (exact) mass is 479 g/mol. The maximum Gasteiger partial charge on any atom is 0.260 e. The molecule has 0 saturated carbocycles. The third-order valence-electron chi connectivity index (χ3n) is 5.98. The smallest absolute Gasteiger partial charge is 0.260 e. The Bertz CT molecular complexity index is 1220. The van der Waals surface area contributed by atoms with Crippen LogP contribution in [0.15, 0.2) is 42.5 Å². The van der Waals surface area contributed by atoms with Crippen LogP contribution in [-0.4, -0.2) is 48.6 Å². The Hall–Kier alpha value is -3.30. The number of carbonyl (C=O) groups excluding carboxylic acids is 3. The van der Waals surface area contributed by atoms with Crippen molar-refractivity contribution in [2.45, 2.75) is 38.7 Å². The largest absolute Gasteiger partial charge is 0.492 e. The first-order valence-electron chi connectivity index (χ1n) is 11.5. The molecule has 2 saturated heterocycles. The molecule has 3 amide bonds. The summed E-state index contributed by atoms with van der Waals surface area (Å²) in [4.78, 5) is 45.3. The van der Waals surface area contributed by atoms with Gasteiger partial charge in [-0.05, 0) is 56.2 Å². The van der Waals surface area contributed by atoms with Gasteiger partial charge in [0.1, 0.15) is 11.3 Å². The van der Waals surface area contributed by atoms with Crippen LogP contribution in [0.2, 0.25) is 0 Å². The molecule has 2 aliphatic rings. The van der Waals surface area contributed by atoms with E-state index in [1.54, 1.807) is 29.2 Å². The van der Waals surface area contributed by atoms with Crippen LogP contribution in [0.3, 0.4) is 0 Å². The number of anilines is 2. The van der Waals surface area contributed by atoms with Crippen LogP contribution in [0, 0.1) is 0 Å². The molecule has 5 rings (SSSR count). The van der Waals surface area contributed by atoms with E-state index in [9.17, 15) is 14.4 Å². The Morgan fingerprint density at radius 3 is 2.62 bits per heavy atom. The molecular formula is C25H25N3O5S. The molecule has 176 valence electrons. The highest BCUT2D eigenvalue weighted by Gasteiger charge is 2.31. The Morgan fingerprint density at radius 1 is 1.18 bits per heavy atom. The van der Waals surface area contributed by atoms with Gasteiger partial charge in [0.25, 0.3) is 5.91 Å². The third-order valence-corrected chi connectivity index (χ3v) is 7.02. The van der Waals surface area contributed by atoms with Gasteiger partial charge >= 0.3 is 0 Å². The van der Waals surface area contributed by atoms with Crippen LogP contribution in [0.25, 0.3) is 10.2 Å². The summed E-state index contributed by atoms with van der Waals surface area (Å²) >= 11 is 1.44. The van der Waals surface area contributed by atoms with Gasteiger partial charge in [0.2, 0.25) is 11.8 Å². The minimum absolute atomic E-state index is 0.0542. The van der Waals surface area contributed by atoms with Crippen LogP contribution in [0.1, 0.15) is 43.0 Å². The number of nitrogens with zero attached hydrogens (tertiary/aromatic N) is 3. The average molecular weight is 480 g/mol. The number of hydrogen-bond donors (Lipinski definition) is 0. The van der Waals surface area contributed by atoms with Crippen LogP contribution in [-0.2, 0) is 14.3 Å². The Labute approximate surface area is 201 Å². The van der Waals surface area contributed by atoms with Gasteiger partial charge in [-0.3, -0.25) is 24.2 Å². The lowest BCUT2D eigenvalue weighted by Crippen LogP contribution is -2.37. The van der Waals surface area contributed by atoms with Crippen LogP contribution < -0.4 is 14.5 Å². The van der Waals surface area contributed by atoms with Gasteiger partial charge in [-0.25, -0.2) is 4.98 Å². The lowest BCUT2D eigenvalue weighted by molar-refractivity contribution is -0.121. The zero-order valence-corrected chi connectivity index (χ0v) is 19.7. The topological polar surface area (TPSA) is 89.0 Å². The summed E-state index contributed by atoms with van der Waals surface area (Å²) in [6.07, 6.45) is 2.23. The summed E-state index contributed by atoms with van der Waals surface area (Å²) in [7, 11) is 0. The zero-order chi connectivity index (χ0) is 23.7. The normalized spacial score (nSPS) is 18.1. The van der Waals surface area contributed by atoms with Gasteiger partial charge in [-0.1, -0.05) is 17.4 Å². The number of benzene rings is 2. The number of rotatable bonds is 7. The van der Waals surface area contributed by atoms with Crippen LogP contribution in [0.5, 0.6) is 5.75 Å². The molecule has 1 atom stereocenters. The summed E-state index contributed by atoms with van der Waals surface area (Å²) in [5.74, 6) is 0.0433. The average Bonchev–Trinajstić information content (AvgIpc) is 3.58. The molecule has 2 aromatic carbocycles. The highest BCUT2D eigenvalue weighted by molar-refractivity contribution is 7.22. The predicted octanol–water partition coefficient (Wildman–Crippen LogP) is 4.17. The Balaban J connectivity index is 1.46. The molecule has 0 aliphatic carbocycles. The van der Waals surface area contributed by atoms with Gasteiger partial charge in [0.15, 0.2) is 5.13 Å². The number of para-hydroxylation sites is 1. The minimum atomic E-state index is -0.219. The Morgan fingerprint density at radius 2 is 1.94 bits per heavy atom. The number of hydrogen-bond acceptors (Lipinski definition) is 7. The molecule has 8 nitrogen and oxygen atoms in total. The maximum atomic E-state index is 13.6. The van der Waals surface area contributed by atoms with Gasteiger partial charge in [0, 0.05) is 25.0 Å². The maximum absolute atomic E-state index is 13.6. The van der Waals surface area contributed by atoms with Gasteiger partial charge in [0.05, 0.1) is 29.6 Å². The molecule has 0 bridgehead atoms. The fraction of sp³-hybridized carbons (Fsp3) is 0.360. The first-order chi connectivity index (χ1) is 16.5. The second-order valence-electron chi connectivity index (χ2n) is 8.25. The number of imide groups is 1. The fourth-order valence-electron chi connectivity index (χ4n) is 4.31. The van der Waals surface area contributed by atoms with Crippen molar-refractivity contribution in [2.24, 2.45) is 0 Å². The molecular weight excluding hydrogens is 454 g/mol. The third kappa shape index (κ3) is 4.28. The van der Waals surface area contributed by atoms with E-state index in [1.807, 2.05) is 25.1 Å². The SMILES string of the molecule is CCOc1cccc2sc(N(CC3CCCO3)C(=O)c3ccc(N4C(=O)CCC4=O)cc3)nc12. The summed E-state index contributed by atoms with van der Waals surface area (Å²) < 4.78 is 12.5. The van der Waals surface area contributed by atoms with Gasteiger partial charge in [-0.2, -0.15) is 0 Å². The van der Waals surface area contributed by atoms with E-state index in [2.05, 4.69) is 0 Å². The second kappa shape index (κ2) is 9.52. The predicted molar refractivity (Wildman–Crippen MR) is 130 cm³/mol. The van der Waals surface area contributed by atoms with Crippen molar-refractivity contribution in [3.05, 3.63) is 48.0 Å². The van der Waals surface area contributed by atoms with Gasteiger partial charge in [-0.15, -0.1) is 0 Å². The first-order valence-corrected chi connectivity index (χ1v) is 12.3. The van der Waals surface area contributed by atoms with Crippen molar-refractivity contribution in [3.63, 3.8) is 0 Å². The van der Waals surface area contributed by atoms with Crippen LogP contribution in [0.4, 0.5) is 10.8 Å². The molecule has 2 fully saturated rings. The quantitative estimate of drug-likeness (QED) is 0.473. The number of ether oxygens (including phenoxy) is 2. The van der Waals surface area contributed by atoms with Crippen molar-refractivity contribution in [3.8, 4) is 5.75 Å². The molecule has 1 unspecified atom stereocenters. The van der Waals surface area contributed by atoms with Crippen molar-refractivity contribution >= 4 is 50.1 Å². The van der Waals surface area contributed by atoms with Crippen molar-refractivity contribution in [1.82, 2.24) is 4.98 Å². The van der Waals surface area contributed by atoms with E-state index in [0.29, 0.717) is 41.9 Å². The van der Waals surface area contributed by atoms with Gasteiger partial charge < -0.3 is 9.47 Å². The molecule has 0 N–H and O–H groups in total. The lowest BCUT2D eigenvalue weighted by atomic mass is 10.1. The summed E-state index contributed by atoms with van der Waals surface area (Å²) in [5.41, 5.74) is 1.66. The molecule has 0 spiro atoms. The molecule has 2 aliphatic heterocycles. The first kappa shape index (κ1) is 22.5. The number of thiazole rings is 1. The molecule has 3 heterocycles. The van der Waals surface area contributed by atoms with E-state index < -0.39 is 0 Å². The number of amides is 3. The Kier molecular flexibility index (Phi) is 6.30. The van der Waals surface area contributed by atoms with Crippen LogP contribution >= 0.6 is 11.3 Å². The molecule has 34 heavy (non-hydrogen) atoms. The van der Waals surface area contributed by atoms with E-state index >= 15 is 0 Å². The lowest BCUT2D eigenvalue weighted by Gasteiger charge is -2.23. The molecule has 1 aromatic heterocycles. The molecule has 9 heteroatoms. The summed E-state index contributed by atoms with van der Waals surface area (Å²) in [6, 6.07) is 12.3. The number of aromatic nitrogens is 1. The van der Waals surface area contributed by atoms with E-state index in [-0.39, 0.29) is 36.7 Å². The number of carbonyl (C=O) groups is 3. The highest BCUT2D eigenvalue weighted by Crippen LogP contribution is 2.35. The molecule has 0 radical (unpaired) electrons. The minimum Gasteiger partial charge on any atom is -0.492 e. The van der Waals surface area contributed by atoms with Crippen molar-refractivity contribution in [1.29, 1.82) is 0 Å². The van der Waals surface area contributed by atoms with Crippen molar-refractivity contribution in [2.75, 3.05) is 29.6 Å². The number of fused-ring (bicyclic) bond motifs is 1. The van der Waals surface area contributed by atoms with E-state index in [4.69, 9.17) is 14.5 Å². The summed E-state index contributed by atoms with van der Waals surface area (Å²) in [6.45, 7) is 3.53. The van der Waals surface area contributed by atoms with Crippen molar-refractivity contribution < 1.29 is 23.9 Å².